The highest BCUT2D eigenvalue weighted by Gasteiger charge is 2.10. The third kappa shape index (κ3) is 2.76. The van der Waals surface area contributed by atoms with Crippen LogP contribution in [0.15, 0.2) is 30.5 Å². The number of carbonyl (C=O) groups excluding carboxylic acids is 1. The average molecular weight is 264 g/mol. The fourth-order valence-electron chi connectivity index (χ4n) is 1.48. The van der Waals surface area contributed by atoms with Gasteiger partial charge in [-0.05, 0) is 18.2 Å². The van der Waals surface area contributed by atoms with E-state index in [0.29, 0.717) is 0 Å². The van der Waals surface area contributed by atoms with Crippen molar-refractivity contribution in [3.8, 4) is 0 Å². The third-order valence-corrected chi connectivity index (χ3v) is 2.39. The lowest BCUT2D eigenvalue weighted by atomic mass is 10.2. The molecule has 1 heterocycles. The number of hydrogen-bond donors (Lipinski definition) is 3. The van der Waals surface area contributed by atoms with Crippen LogP contribution in [0, 0.1) is 11.6 Å². The molecule has 2 aromatic rings. The summed E-state index contributed by atoms with van der Waals surface area (Å²) >= 11 is 0. The summed E-state index contributed by atoms with van der Waals surface area (Å²) in [5.41, 5.74) is 10.7. The first-order valence-electron chi connectivity index (χ1n) is 5.25. The minimum atomic E-state index is -0.734. The van der Waals surface area contributed by atoms with Crippen molar-refractivity contribution in [2.24, 2.45) is 5.73 Å². The van der Waals surface area contributed by atoms with Gasteiger partial charge in [0.25, 0.3) is 5.91 Å². The predicted octanol–water partition coefficient (Wildman–Crippen LogP) is 1.78. The van der Waals surface area contributed by atoms with Gasteiger partial charge in [-0.2, -0.15) is 0 Å². The van der Waals surface area contributed by atoms with Gasteiger partial charge in [0.2, 0.25) is 0 Å². The number of rotatable bonds is 3. The van der Waals surface area contributed by atoms with E-state index in [2.05, 4.69) is 10.3 Å². The van der Waals surface area contributed by atoms with Gasteiger partial charge in [0.05, 0.1) is 23.1 Å². The Morgan fingerprint density at radius 1 is 1.26 bits per heavy atom. The Hall–Kier alpha value is -2.70. The molecule has 19 heavy (non-hydrogen) atoms. The second-order valence-corrected chi connectivity index (χ2v) is 3.77. The van der Waals surface area contributed by atoms with E-state index in [4.69, 9.17) is 11.5 Å². The van der Waals surface area contributed by atoms with Crippen molar-refractivity contribution in [3.05, 3.63) is 47.7 Å². The number of pyridine rings is 1. The second-order valence-electron chi connectivity index (χ2n) is 3.77. The maximum Gasteiger partial charge on any atom is 0.250 e. The first-order chi connectivity index (χ1) is 8.97. The minimum Gasteiger partial charge on any atom is -0.397 e. The van der Waals surface area contributed by atoms with Crippen molar-refractivity contribution < 1.29 is 13.6 Å². The van der Waals surface area contributed by atoms with Crippen LogP contribution in [-0.4, -0.2) is 10.9 Å². The molecular weight excluding hydrogens is 254 g/mol. The Balaban J connectivity index is 2.36. The lowest BCUT2D eigenvalue weighted by Crippen LogP contribution is -2.14. The van der Waals surface area contributed by atoms with Gasteiger partial charge in [-0.25, -0.2) is 13.8 Å². The van der Waals surface area contributed by atoms with E-state index in [1.807, 2.05) is 0 Å². The van der Waals surface area contributed by atoms with Crippen LogP contribution in [0.25, 0.3) is 0 Å². The third-order valence-electron chi connectivity index (χ3n) is 2.39. The van der Waals surface area contributed by atoms with Crippen LogP contribution >= 0.6 is 0 Å². The number of benzene rings is 1. The maximum absolute atomic E-state index is 13.4. The summed E-state index contributed by atoms with van der Waals surface area (Å²) in [6, 6.07) is 4.20. The number of nitrogens with two attached hydrogens (primary N) is 2. The van der Waals surface area contributed by atoms with Gasteiger partial charge in [-0.3, -0.25) is 4.79 Å². The van der Waals surface area contributed by atoms with E-state index in [1.54, 1.807) is 0 Å². The van der Waals surface area contributed by atoms with Crippen LogP contribution in [-0.2, 0) is 0 Å². The van der Waals surface area contributed by atoms with E-state index < -0.39 is 17.5 Å². The molecule has 7 heteroatoms. The molecule has 5 N–H and O–H groups in total. The lowest BCUT2D eigenvalue weighted by molar-refractivity contribution is 0.100. The molecule has 1 aromatic heterocycles. The molecule has 98 valence electrons. The highest BCUT2D eigenvalue weighted by molar-refractivity contribution is 5.98. The molecule has 0 unspecified atom stereocenters. The molecule has 5 nitrogen and oxygen atoms in total. The molecule has 0 spiro atoms. The van der Waals surface area contributed by atoms with Gasteiger partial charge >= 0.3 is 0 Å². The molecule has 0 atom stereocenters. The van der Waals surface area contributed by atoms with Crippen molar-refractivity contribution in [1.82, 2.24) is 4.98 Å². The Labute approximate surface area is 107 Å². The predicted molar refractivity (Wildman–Crippen MR) is 66.8 cm³/mol. The van der Waals surface area contributed by atoms with Crippen LogP contribution in [0.4, 0.5) is 26.0 Å². The van der Waals surface area contributed by atoms with E-state index in [0.717, 1.165) is 18.2 Å². The Morgan fingerprint density at radius 2 is 2.00 bits per heavy atom. The SMILES string of the molecule is NC(=O)c1cc(Nc2cc(F)ccc2F)ncc1N. The number of carbonyl (C=O) groups is 1. The number of nitrogen functional groups attached to an aromatic ring is 1. The number of nitrogens with one attached hydrogen (secondary N) is 1. The number of halogens is 2. The Kier molecular flexibility index (Phi) is 3.28. The molecule has 0 fully saturated rings. The fourth-order valence-corrected chi connectivity index (χ4v) is 1.48. The zero-order chi connectivity index (χ0) is 14.0. The van der Waals surface area contributed by atoms with Crippen LogP contribution < -0.4 is 16.8 Å². The summed E-state index contributed by atoms with van der Waals surface area (Å²) in [5.74, 6) is -1.86. The maximum atomic E-state index is 13.4. The Morgan fingerprint density at radius 3 is 2.68 bits per heavy atom. The quantitative estimate of drug-likeness (QED) is 0.787. The van der Waals surface area contributed by atoms with Crippen molar-refractivity contribution in [2.75, 3.05) is 11.1 Å². The molecule has 0 aliphatic rings. The normalized spacial score (nSPS) is 10.2. The fraction of sp³-hybridized carbons (Fsp3) is 0. The standard InChI is InChI=1S/C12H10F2N4O/c13-6-1-2-8(14)10(3-6)18-11-4-7(12(16)19)9(15)5-17-11/h1-5H,15H2,(H2,16,19)(H,17,18). The molecule has 1 amide bonds. The topological polar surface area (TPSA) is 94.0 Å². The molecule has 0 aliphatic heterocycles. The van der Waals surface area contributed by atoms with Gasteiger partial charge in [0.1, 0.15) is 17.5 Å². The Bertz CT molecular complexity index is 646. The van der Waals surface area contributed by atoms with Gasteiger partial charge in [-0.15, -0.1) is 0 Å². The smallest absolute Gasteiger partial charge is 0.250 e. The second kappa shape index (κ2) is 4.89. The lowest BCUT2D eigenvalue weighted by Gasteiger charge is -2.09. The summed E-state index contributed by atoms with van der Waals surface area (Å²) in [4.78, 5) is 15.0. The van der Waals surface area contributed by atoms with Crippen LogP contribution in [0.3, 0.4) is 0 Å². The van der Waals surface area contributed by atoms with Crippen LogP contribution in [0.5, 0.6) is 0 Å². The van der Waals surface area contributed by atoms with E-state index >= 15 is 0 Å². The molecule has 0 radical (unpaired) electrons. The number of primary amides is 1. The van der Waals surface area contributed by atoms with Gasteiger partial charge < -0.3 is 16.8 Å². The number of nitrogens with zero attached hydrogens (tertiary/aromatic N) is 1. The first kappa shape index (κ1) is 12.7. The van der Waals surface area contributed by atoms with Crippen molar-refractivity contribution in [2.45, 2.75) is 0 Å². The molecule has 0 saturated carbocycles. The zero-order valence-corrected chi connectivity index (χ0v) is 9.65. The number of hydrogen-bond acceptors (Lipinski definition) is 4. The summed E-state index contributed by atoms with van der Waals surface area (Å²) in [7, 11) is 0. The molecule has 0 bridgehead atoms. The molecule has 1 aromatic carbocycles. The monoisotopic (exact) mass is 264 g/mol. The molecule has 2 rings (SSSR count). The van der Waals surface area contributed by atoms with E-state index in [1.165, 1.54) is 12.3 Å². The highest BCUT2D eigenvalue weighted by atomic mass is 19.1. The summed E-state index contributed by atoms with van der Waals surface area (Å²) in [5, 5.41) is 2.55. The number of aromatic nitrogens is 1. The number of anilines is 3. The minimum absolute atomic E-state index is 0.0503. The summed E-state index contributed by atoms with van der Waals surface area (Å²) in [6.07, 6.45) is 1.21. The van der Waals surface area contributed by atoms with E-state index in [9.17, 15) is 13.6 Å². The first-order valence-corrected chi connectivity index (χ1v) is 5.25. The van der Waals surface area contributed by atoms with Gasteiger partial charge in [-0.1, -0.05) is 0 Å². The van der Waals surface area contributed by atoms with Crippen LogP contribution in [0.1, 0.15) is 10.4 Å². The van der Waals surface area contributed by atoms with Gasteiger partial charge in [0.15, 0.2) is 0 Å². The zero-order valence-electron chi connectivity index (χ0n) is 9.65. The largest absolute Gasteiger partial charge is 0.397 e. The summed E-state index contributed by atoms with van der Waals surface area (Å²) < 4.78 is 26.4. The van der Waals surface area contributed by atoms with E-state index in [-0.39, 0.29) is 22.8 Å². The van der Waals surface area contributed by atoms with Crippen LogP contribution in [0.2, 0.25) is 0 Å². The summed E-state index contributed by atoms with van der Waals surface area (Å²) in [6.45, 7) is 0. The van der Waals surface area contributed by atoms with Crippen molar-refractivity contribution in [3.63, 3.8) is 0 Å². The number of amides is 1. The molecular formula is C12H10F2N4O. The molecule has 0 aliphatic carbocycles. The van der Waals surface area contributed by atoms with Crippen molar-refractivity contribution >= 4 is 23.1 Å². The highest BCUT2D eigenvalue weighted by Crippen LogP contribution is 2.21. The molecule has 0 saturated heterocycles. The van der Waals surface area contributed by atoms with Crippen molar-refractivity contribution in [1.29, 1.82) is 0 Å². The van der Waals surface area contributed by atoms with Gasteiger partial charge in [0, 0.05) is 6.07 Å². The average Bonchev–Trinajstić information content (AvgIpc) is 2.36.